The van der Waals surface area contributed by atoms with Gasteiger partial charge in [-0.05, 0) is 46.5 Å². The molecule has 0 aliphatic heterocycles. The van der Waals surface area contributed by atoms with Gasteiger partial charge in [0.2, 0.25) is 0 Å². The van der Waals surface area contributed by atoms with Crippen LogP contribution in [0.5, 0.6) is 5.75 Å². The molecule has 20 heavy (non-hydrogen) atoms. The number of hydrogen-bond donors (Lipinski definition) is 0. The van der Waals surface area contributed by atoms with Gasteiger partial charge in [-0.25, -0.2) is 0 Å². The molecule has 0 unspecified atom stereocenters. The number of ether oxygens (including phenoxy) is 2. The Bertz CT molecular complexity index is 479. The second-order valence-electron chi connectivity index (χ2n) is 5.33. The Morgan fingerprint density at radius 1 is 1.25 bits per heavy atom. The zero-order valence-corrected chi connectivity index (χ0v) is 13.7. The number of carbonyl (C=O) groups is 1. The molecule has 1 aliphatic rings. The first-order valence-corrected chi connectivity index (χ1v) is 7.81. The maximum absolute atomic E-state index is 12.6. The van der Waals surface area contributed by atoms with Crippen molar-refractivity contribution < 1.29 is 14.3 Å². The van der Waals surface area contributed by atoms with E-state index >= 15 is 0 Å². The van der Waals surface area contributed by atoms with Crippen LogP contribution in [0.2, 0.25) is 0 Å². The van der Waals surface area contributed by atoms with Crippen molar-refractivity contribution in [3.8, 4) is 5.75 Å². The number of carbonyl (C=O) groups excluding carboxylic acids is 1. The Hall–Kier alpha value is -0.870. The van der Waals surface area contributed by atoms with E-state index in [0.717, 1.165) is 41.5 Å². The van der Waals surface area contributed by atoms with Crippen LogP contribution in [-0.2, 0) is 16.0 Å². The smallest absolute Gasteiger partial charge is 0.168 e. The summed E-state index contributed by atoms with van der Waals surface area (Å²) in [5.41, 5.74) is 0.426. The highest BCUT2D eigenvalue weighted by molar-refractivity contribution is 9.10. The van der Waals surface area contributed by atoms with Crippen LogP contribution in [0.15, 0.2) is 22.7 Å². The fraction of sp³-hybridized carbons (Fsp3) is 0.562. The number of hydrogen-bond acceptors (Lipinski definition) is 3. The predicted octanol–water partition coefficient (Wildman–Crippen LogP) is 3.92. The molecule has 1 aromatic rings. The zero-order valence-electron chi connectivity index (χ0n) is 12.1. The number of ketones is 1. The van der Waals surface area contributed by atoms with E-state index in [4.69, 9.17) is 9.47 Å². The van der Waals surface area contributed by atoms with Gasteiger partial charge in [-0.2, -0.15) is 0 Å². The summed E-state index contributed by atoms with van der Waals surface area (Å²) in [6.07, 6.45) is 5.46. The van der Waals surface area contributed by atoms with Gasteiger partial charge in [0.15, 0.2) is 5.78 Å². The second-order valence-corrected chi connectivity index (χ2v) is 6.18. The summed E-state index contributed by atoms with van der Waals surface area (Å²) >= 11 is 3.46. The Labute approximate surface area is 128 Å². The number of Topliss-reactive ketones (excluding diaryl/α,β-unsaturated/α-hetero) is 1. The molecule has 0 radical (unpaired) electrons. The van der Waals surface area contributed by atoms with Gasteiger partial charge in [0.1, 0.15) is 11.4 Å². The lowest BCUT2D eigenvalue weighted by Gasteiger charge is -2.34. The van der Waals surface area contributed by atoms with Gasteiger partial charge in [-0.15, -0.1) is 0 Å². The fourth-order valence-corrected chi connectivity index (χ4v) is 3.47. The van der Waals surface area contributed by atoms with E-state index in [1.165, 1.54) is 6.42 Å². The van der Waals surface area contributed by atoms with Crippen LogP contribution in [0.25, 0.3) is 0 Å². The van der Waals surface area contributed by atoms with Crippen LogP contribution < -0.4 is 4.74 Å². The van der Waals surface area contributed by atoms with Gasteiger partial charge in [0, 0.05) is 13.5 Å². The third kappa shape index (κ3) is 3.23. The minimum atomic E-state index is -0.565. The van der Waals surface area contributed by atoms with Gasteiger partial charge in [-0.1, -0.05) is 25.3 Å². The van der Waals surface area contributed by atoms with Gasteiger partial charge in [0.25, 0.3) is 0 Å². The summed E-state index contributed by atoms with van der Waals surface area (Å²) in [5.74, 6) is 0.970. The average Bonchev–Trinajstić information content (AvgIpc) is 2.48. The van der Waals surface area contributed by atoms with Crippen LogP contribution in [0, 0.1) is 0 Å². The summed E-state index contributed by atoms with van der Waals surface area (Å²) in [6, 6.07) is 5.77. The topological polar surface area (TPSA) is 35.5 Å². The standard InChI is InChI=1S/C16H21BrO3/c1-19-14-7-6-12(10-13(14)17)11-15(18)16(20-2)8-4-3-5-9-16/h6-7,10H,3-5,8-9,11H2,1-2H3. The van der Waals surface area contributed by atoms with Crippen molar-refractivity contribution in [2.75, 3.05) is 14.2 Å². The highest BCUT2D eigenvalue weighted by Crippen LogP contribution is 2.33. The maximum atomic E-state index is 12.6. The first kappa shape index (κ1) is 15.5. The number of halogens is 1. The molecule has 0 aromatic heterocycles. The zero-order chi connectivity index (χ0) is 14.6. The molecular formula is C16H21BrO3. The van der Waals surface area contributed by atoms with Gasteiger partial charge in [0.05, 0.1) is 11.6 Å². The second kappa shape index (κ2) is 6.72. The van der Waals surface area contributed by atoms with Crippen molar-refractivity contribution in [1.29, 1.82) is 0 Å². The largest absolute Gasteiger partial charge is 0.496 e. The van der Waals surface area contributed by atoms with E-state index in [1.54, 1.807) is 14.2 Å². The molecule has 1 fully saturated rings. The highest BCUT2D eigenvalue weighted by Gasteiger charge is 2.38. The molecule has 1 aliphatic carbocycles. The molecule has 0 saturated heterocycles. The molecule has 1 aromatic carbocycles. The van der Waals surface area contributed by atoms with E-state index in [2.05, 4.69) is 15.9 Å². The third-order valence-electron chi connectivity index (χ3n) is 4.14. The van der Waals surface area contributed by atoms with Crippen LogP contribution in [-0.4, -0.2) is 25.6 Å². The van der Waals surface area contributed by atoms with Crippen LogP contribution in [0.3, 0.4) is 0 Å². The summed E-state index contributed by atoms with van der Waals surface area (Å²) < 4.78 is 11.7. The summed E-state index contributed by atoms with van der Waals surface area (Å²) in [4.78, 5) is 12.6. The van der Waals surface area contributed by atoms with E-state index in [1.807, 2.05) is 18.2 Å². The normalized spacial score (nSPS) is 17.8. The number of rotatable bonds is 5. The van der Waals surface area contributed by atoms with Crippen LogP contribution in [0.1, 0.15) is 37.7 Å². The van der Waals surface area contributed by atoms with Crippen LogP contribution >= 0.6 is 15.9 Å². The minimum absolute atomic E-state index is 0.191. The lowest BCUT2D eigenvalue weighted by Crippen LogP contribution is -2.43. The lowest BCUT2D eigenvalue weighted by atomic mass is 9.79. The first-order valence-electron chi connectivity index (χ1n) is 7.02. The Balaban J connectivity index is 2.12. The summed E-state index contributed by atoms with van der Waals surface area (Å²) in [6.45, 7) is 0. The monoisotopic (exact) mass is 340 g/mol. The molecular weight excluding hydrogens is 320 g/mol. The van der Waals surface area contributed by atoms with Crippen molar-refractivity contribution in [3.05, 3.63) is 28.2 Å². The number of methoxy groups -OCH3 is 2. The molecule has 1 saturated carbocycles. The molecule has 3 nitrogen and oxygen atoms in total. The maximum Gasteiger partial charge on any atom is 0.168 e. The third-order valence-corrected chi connectivity index (χ3v) is 4.76. The minimum Gasteiger partial charge on any atom is -0.496 e. The average molecular weight is 341 g/mol. The summed E-state index contributed by atoms with van der Waals surface area (Å²) in [5, 5.41) is 0. The van der Waals surface area contributed by atoms with Crippen molar-refractivity contribution in [3.63, 3.8) is 0 Å². The van der Waals surface area contributed by atoms with Gasteiger partial charge in [-0.3, -0.25) is 4.79 Å². The van der Waals surface area contributed by atoms with E-state index in [0.29, 0.717) is 6.42 Å². The first-order chi connectivity index (χ1) is 9.61. The highest BCUT2D eigenvalue weighted by atomic mass is 79.9. The Morgan fingerprint density at radius 2 is 1.95 bits per heavy atom. The Kier molecular flexibility index (Phi) is 5.22. The molecule has 0 heterocycles. The van der Waals surface area contributed by atoms with Crippen LogP contribution in [0.4, 0.5) is 0 Å². The van der Waals surface area contributed by atoms with Crippen molar-refractivity contribution in [2.45, 2.75) is 44.1 Å². The molecule has 4 heteroatoms. The molecule has 0 spiro atoms. The van der Waals surface area contributed by atoms with E-state index in [-0.39, 0.29) is 5.78 Å². The molecule has 0 N–H and O–H groups in total. The fourth-order valence-electron chi connectivity index (χ4n) is 2.89. The van der Waals surface area contributed by atoms with Gasteiger partial charge >= 0.3 is 0 Å². The quantitative estimate of drug-likeness (QED) is 0.814. The molecule has 110 valence electrons. The predicted molar refractivity (Wildman–Crippen MR) is 82.2 cm³/mol. The molecule has 2 rings (SSSR count). The van der Waals surface area contributed by atoms with Crippen molar-refractivity contribution >= 4 is 21.7 Å². The molecule has 0 atom stereocenters. The molecule has 0 bridgehead atoms. The van der Waals surface area contributed by atoms with Gasteiger partial charge < -0.3 is 9.47 Å². The van der Waals surface area contributed by atoms with E-state index in [9.17, 15) is 4.79 Å². The summed E-state index contributed by atoms with van der Waals surface area (Å²) in [7, 11) is 3.29. The van der Waals surface area contributed by atoms with Crippen molar-refractivity contribution in [2.24, 2.45) is 0 Å². The van der Waals surface area contributed by atoms with E-state index < -0.39 is 5.60 Å². The Morgan fingerprint density at radius 3 is 2.50 bits per heavy atom. The lowest BCUT2D eigenvalue weighted by molar-refractivity contribution is -0.144. The number of benzene rings is 1. The SMILES string of the molecule is COc1ccc(CC(=O)C2(OC)CCCCC2)cc1Br. The van der Waals surface area contributed by atoms with Crippen molar-refractivity contribution in [1.82, 2.24) is 0 Å². The molecule has 0 amide bonds.